The zero-order valence-corrected chi connectivity index (χ0v) is 13.6. The van der Waals surface area contributed by atoms with Crippen molar-refractivity contribution in [1.29, 1.82) is 0 Å². The zero-order chi connectivity index (χ0) is 15.1. The molecule has 0 radical (unpaired) electrons. The Balaban J connectivity index is 2.08. The second kappa shape index (κ2) is 3.36. The van der Waals surface area contributed by atoms with Gasteiger partial charge in [-0.2, -0.15) is 0 Å². The first-order valence-corrected chi connectivity index (χ1v) is 7.06. The molecule has 0 saturated carbocycles. The van der Waals surface area contributed by atoms with Crippen LogP contribution in [-0.4, -0.2) is 44.3 Å². The van der Waals surface area contributed by atoms with Crippen molar-refractivity contribution in [2.75, 3.05) is 0 Å². The lowest BCUT2D eigenvalue weighted by molar-refractivity contribution is -0.476. The summed E-state index contributed by atoms with van der Waals surface area (Å²) in [5.41, 5.74) is -2.14. The second-order valence-corrected chi connectivity index (χ2v) is 7.17. The Bertz CT molecular complexity index is 491. The summed E-state index contributed by atoms with van der Waals surface area (Å²) in [6, 6.07) is 0. The zero-order valence-electron chi connectivity index (χ0n) is 13.6. The van der Waals surface area contributed by atoms with Crippen LogP contribution in [-0.2, 0) is 9.68 Å². The maximum atomic E-state index is 6.35. The van der Waals surface area contributed by atoms with Gasteiger partial charge in [0.05, 0.1) is 0 Å². The van der Waals surface area contributed by atoms with Crippen molar-refractivity contribution >= 4 is 11.7 Å². The minimum absolute atomic E-state index is 0.397. The Kier molecular flexibility index (Phi) is 2.32. The number of rotatable bonds is 0. The highest BCUT2D eigenvalue weighted by Gasteiger charge is 2.67. The highest BCUT2D eigenvalue weighted by molar-refractivity contribution is 5.84. The number of amidine groups is 2. The molecular weight excluding hydrogens is 256 g/mol. The monoisotopic (exact) mass is 280 g/mol. The van der Waals surface area contributed by atoms with Crippen LogP contribution in [0.25, 0.3) is 0 Å². The van der Waals surface area contributed by atoms with Crippen LogP contribution in [0.3, 0.4) is 0 Å². The van der Waals surface area contributed by atoms with Crippen LogP contribution >= 0.6 is 0 Å². The molecule has 112 valence electrons. The highest BCUT2D eigenvalue weighted by Crippen LogP contribution is 2.51. The van der Waals surface area contributed by atoms with Gasteiger partial charge in [-0.3, -0.25) is 9.98 Å². The summed E-state index contributed by atoms with van der Waals surface area (Å²) in [7, 11) is 0. The van der Waals surface area contributed by atoms with Crippen LogP contribution in [0, 0.1) is 0 Å². The van der Waals surface area contributed by atoms with Gasteiger partial charge < -0.3 is 0 Å². The van der Waals surface area contributed by atoms with Crippen molar-refractivity contribution in [2.24, 2.45) is 9.98 Å². The SMILES string of the molecule is CC1=NC(C)(C)C2(C)ON3C(C)=NC(C)(C)C3(C)ON12. The molecule has 2 unspecified atom stereocenters. The Labute approximate surface area is 120 Å². The van der Waals surface area contributed by atoms with Crippen LogP contribution in [0.5, 0.6) is 0 Å². The van der Waals surface area contributed by atoms with Gasteiger partial charge in [0, 0.05) is 0 Å². The lowest BCUT2D eigenvalue weighted by Gasteiger charge is -2.56. The van der Waals surface area contributed by atoms with Crippen molar-refractivity contribution in [3.63, 3.8) is 0 Å². The molecule has 0 aromatic carbocycles. The fourth-order valence-electron chi connectivity index (χ4n) is 3.18. The molecule has 6 heteroatoms. The molecule has 0 bridgehead atoms. The molecule has 2 atom stereocenters. The summed E-state index contributed by atoms with van der Waals surface area (Å²) < 4.78 is 0. The smallest absolute Gasteiger partial charge is 0.214 e. The van der Waals surface area contributed by atoms with E-state index in [-0.39, 0.29) is 0 Å². The number of hydroxylamine groups is 4. The highest BCUT2D eigenvalue weighted by atomic mass is 16.9. The third-order valence-corrected chi connectivity index (χ3v) is 5.05. The van der Waals surface area contributed by atoms with Crippen molar-refractivity contribution in [3.8, 4) is 0 Å². The topological polar surface area (TPSA) is 49.7 Å². The van der Waals surface area contributed by atoms with Crippen molar-refractivity contribution in [1.82, 2.24) is 10.1 Å². The molecule has 0 aromatic heterocycles. The van der Waals surface area contributed by atoms with Crippen LogP contribution in [0.1, 0.15) is 55.4 Å². The van der Waals surface area contributed by atoms with Gasteiger partial charge in [-0.15, -0.1) is 0 Å². The van der Waals surface area contributed by atoms with Crippen LogP contribution in [0.2, 0.25) is 0 Å². The first-order valence-electron chi connectivity index (χ1n) is 7.06. The summed E-state index contributed by atoms with van der Waals surface area (Å²) in [6.07, 6.45) is 0. The van der Waals surface area contributed by atoms with Crippen LogP contribution < -0.4 is 0 Å². The Morgan fingerprint density at radius 1 is 0.700 bits per heavy atom. The molecule has 3 aliphatic rings. The lowest BCUT2D eigenvalue weighted by Crippen LogP contribution is -2.72. The van der Waals surface area contributed by atoms with Gasteiger partial charge >= 0.3 is 0 Å². The van der Waals surface area contributed by atoms with Crippen molar-refractivity contribution in [2.45, 2.75) is 77.9 Å². The molecule has 0 aliphatic carbocycles. The predicted octanol–water partition coefficient (Wildman–Crippen LogP) is 2.32. The van der Waals surface area contributed by atoms with Gasteiger partial charge in [0.1, 0.15) is 22.7 Å². The molecule has 6 nitrogen and oxygen atoms in total. The third kappa shape index (κ3) is 1.31. The van der Waals surface area contributed by atoms with Gasteiger partial charge in [0.25, 0.3) is 0 Å². The summed E-state index contributed by atoms with van der Waals surface area (Å²) in [5.74, 6) is 1.66. The van der Waals surface area contributed by atoms with Gasteiger partial charge in [0.15, 0.2) is 0 Å². The van der Waals surface area contributed by atoms with Gasteiger partial charge in [-0.05, 0) is 55.4 Å². The van der Waals surface area contributed by atoms with E-state index in [9.17, 15) is 0 Å². The second-order valence-electron chi connectivity index (χ2n) is 7.17. The van der Waals surface area contributed by atoms with E-state index in [0.29, 0.717) is 0 Å². The van der Waals surface area contributed by atoms with E-state index in [4.69, 9.17) is 19.7 Å². The van der Waals surface area contributed by atoms with E-state index in [1.54, 1.807) is 10.1 Å². The van der Waals surface area contributed by atoms with E-state index >= 15 is 0 Å². The van der Waals surface area contributed by atoms with Gasteiger partial charge in [-0.25, -0.2) is 19.8 Å². The van der Waals surface area contributed by atoms with E-state index in [1.165, 1.54) is 0 Å². The molecule has 1 saturated heterocycles. The fraction of sp³-hybridized carbons (Fsp3) is 0.857. The third-order valence-electron chi connectivity index (χ3n) is 5.05. The Morgan fingerprint density at radius 3 is 1.30 bits per heavy atom. The molecular formula is C14H24N4O2. The summed E-state index contributed by atoms with van der Waals surface area (Å²) >= 11 is 0. The minimum atomic E-state index is -0.673. The van der Waals surface area contributed by atoms with E-state index in [2.05, 4.69) is 27.7 Å². The van der Waals surface area contributed by atoms with Crippen LogP contribution in [0.4, 0.5) is 0 Å². The maximum absolute atomic E-state index is 6.35. The number of aliphatic imine (C=N–C) groups is 2. The van der Waals surface area contributed by atoms with E-state index < -0.39 is 22.5 Å². The molecule has 0 aromatic rings. The van der Waals surface area contributed by atoms with Crippen molar-refractivity contribution < 1.29 is 9.68 Å². The number of hydrogen-bond donors (Lipinski definition) is 0. The predicted molar refractivity (Wildman–Crippen MR) is 77.0 cm³/mol. The Morgan fingerprint density at radius 2 is 1.00 bits per heavy atom. The Hall–Kier alpha value is -1.14. The first-order chi connectivity index (χ1) is 8.95. The number of hydrogen-bond acceptors (Lipinski definition) is 6. The fourth-order valence-corrected chi connectivity index (χ4v) is 3.18. The summed E-state index contributed by atoms with van der Waals surface area (Å²) in [4.78, 5) is 22.1. The molecule has 3 aliphatic heterocycles. The average molecular weight is 280 g/mol. The molecule has 0 N–H and O–H groups in total. The van der Waals surface area contributed by atoms with E-state index in [0.717, 1.165) is 11.7 Å². The standard InChI is InChI=1S/C14H24N4O2/c1-9-15-11(3,4)13(7)17(9)19-14(8)12(5,6)16-10(2)18(14)20-13/h1-8H3. The molecule has 1 fully saturated rings. The normalized spacial score (nSPS) is 41.2. The average Bonchev–Trinajstić information content (AvgIpc) is 2.55. The maximum Gasteiger partial charge on any atom is 0.214 e. The number of fused-ring (bicyclic) bond motifs is 2. The van der Waals surface area contributed by atoms with E-state index in [1.807, 2.05) is 27.7 Å². The molecule has 3 heterocycles. The van der Waals surface area contributed by atoms with Crippen molar-refractivity contribution in [3.05, 3.63) is 0 Å². The number of nitrogens with zero attached hydrogens (tertiary/aromatic N) is 4. The quantitative estimate of drug-likeness (QED) is 0.683. The molecule has 20 heavy (non-hydrogen) atoms. The molecule has 3 rings (SSSR count). The lowest BCUT2D eigenvalue weighted by atomic mass is 9.91. The van der Waals surface area contributed by atoms with Gasteiger partial charge in [0.2, 0.25) is 11.4 Å². The summed E-state index contributed by atoms with van der Waals surface area (Å²) in [5, 5.41) is 3.61. The van der Waals surface area contributed by atoms with Gasteiger partial charge in [-0.1, -0.05) is 0 Å². The summed E-state index contributed by atoms with van der Waals surface area (Å²) in [6.45, 7) is 16.1. The molecule has 0 amide bonds. The van der Waals surface area contributed by atoms with Crippen LogP contribution in [0.15, 0.2) is 9.98 Å². The molecule has 0 spiro atoms. The minimum Gasteiger partial charge on any atom is -0.259 e. The largest absolute Gasteiger partial charge is 0.259 e. The first kappa shape index (κ1) is 13.8.